The average Bonchev–Trinajstić information content (AvgIpc) is 3.62. The Labute approximate surface area is 230 Å². The van der Waals surface area contributed by atoms with Gasteiger partial charge in [-0.1, -0.05) is 36.4 Å². The van der Waals surface area contributed by atoms with E-state index >= 15 is 0 Å². The fourth-order valence-electron chi connectivity index (χ4n) is 6.31. The maximum atomic E-state index is 13.9. The van der Waals surface area contributed by atoms with Crippen molar-refractivity contribution in [3.8, 4) is 17.2 Å². The zero-order valence-corrected chi connectivity index (χ0v) is 22.1. The lowest BCUT2D eigenvalue weighted by Crippen LogP contribution is -2.33. The monoisotopic (exact) mass is 538 g/mol. The maximum absolute atomic E-state index is 13.9. The molecule has 2 fully saturated rings. The standard InChI is InChI=1S/C31H26N2O7/c1-38-19-8-4-17(5-9-19)26(18-6-10-20(39-2)11-7-18)27-22-13-14-23(27)29-28(22)30(34)32(31(29)35)24-15-12-21(40-3)16-25(24)33(36)37/h4-16,22-23,28-29H,1-3H3. The molecule has 4 unspecified atom stereocenters. The molecule has 1 aliphatic heterocycles. The molecule has 1 heterocycles. The molecule has 202 valence electrons. The smallest absolute Gasteiger partial charge is 0.297 e. The van der Waals surface area contributed by atoms with Gasteiger partial charge in [-0.15, -0.1) is 0 Å². The number of amides is 2. The van der Waals surface area contributed by atoms with Crippen LogP contribution in [-0.2, 0) is 9.59 Å². The molecule has 9 nitrogen and oxygen atoms in total. The zero-order valence-electron chi connectivity index (χ0n) is 22.1. The third kappa shape index (κ3) is 3.77. The summed E-state index contributed by atoms with van der Waals surface area (Å²) in [6.45, 7) is 0. The molecular formula is C31H26N2O7. The molecular weight excluding hydrogens is 512 g/mol. The Bertz CT molecular complexity index is 1510. The Morgan fingerprint density at radius 2 is 1.18 bits per heavy atom. The van der Waals surface area contributed by atoms with Gasteiger partial charge < -0.3 is 14.2 Å². The van der Waals surface area contributed by atoms with Gasteiger partial charge in [0.2, 0.25) is 11.8 Å². The van der Waals surface area contributed by atoms with Crippen molar-refractivity contribution in [3.05, 3.63) is 106 Å². The number of fused-ring (bicyclic) bond motifs is 5. The predicted octanol–water partition coefficient (Wildman–Crippen LogP) is 5.04. The van der Waals surface area contributed by atoms with Crippen molar-refractivity contribution in [2.45, 2.75) is 0 Å². The van der Waals surface area contributed by atoms with Crippen LogP contribution >= 0.6 is 0 Å². The lowest BCUT2D eigenvalue weighted by atomic mass is 9.85. The predicted molar refractivity (Wildman–Crippen MR) is 147 cm³/mol. The van der Waals surface area contributed by atoms with Crippen LogP contribution in [0, 0.1) is 33.8 Å². The van der Waals surface area contributed by atoms with Crippen LogP contribution in [0.4, 0.5) is 11.4 Å². The Hall–Kier alpha value is -4.92. The van der Waals surface area contributed by atoms with Gasteiger partial charge in [0, 0.05) is 11.8 Å². The van der Waals surface area contributed by atoms with Gasteiger partial charge >= 0.3 is 0 Å². The quantitative estimate of drug-likeness (QED) is 0.179. The van der Waals surface area contributed by atoms with Crippen LogP contribution in [0.3, 0.4) is 0 Å². The van der Waals surface area contributed by atoms with Crippen LogP contribution in [-0.4, -0.2) is 38.1 Å². The number of hydrogen-bond acceptors (Lipinski definition) is 7. The van der Waals surface area contributed by atoms with Gasteiger partial charge in [-0.25, -0.2) is 4.90 Å². The minimum atomic E-state index is -0.647. The van der Waals surface area contributed by atoms with E-state index in [1.165, 1.54) is 25.3 Å². The zero-order chi connectivity index (χ0) is 28.1. The largest absolute Gasteiger partial charge is 0.497 e. The summed E-state index contributed by atoms with van der Waals surface area (Å²) in [6.07, 6.45) is 3.98. The average molecular weight is 539 g/mol. The van der Waals surface area contributed by atoms with Crippen molar-refractivity contribution in [1.29, 1.82) is 0 Å². The number of ether oxygens (including phenoxy) is 3. The number of imide groups is 1. The van der Waals surface area contributed by atoms with E-state index in [4.69, 9.17) is 14.2 Å². The number of carbonyl (C=O) groups is 2. The lowest BCUT2D eigenvalue weighted by molar-refractivity contribution is -0.384. The van der Waals surface area contributed by atoms with E-state index in [0.717, 1.165) is 27.2 Å². The summed E-state index contributed by atoms with van der Waals surface area (Å²) in [4.78, 5) is 40.0. The van der Waals surface area contributed by atoms with E-state index in [1.54, 1.807) is 14.2 Å². The van der Waals surface area contributed by atoms with Crippen molar-refractivity contribution >= 4 is 28.8 Å². The van der Waals surface area contributed by atoms with E-state index < -0.39 is 28.6 Å². The number of nitro groups is 1. The normalized spacial score (nSPS) is 22.5. The van der Waals surface area contributed by atoms with Crippen LogP contribution in [0.25, 0.3) is 5.57 Å². The number of rotatable bonds is 7. The summed E-state index contributed by atoms with van der Waals surface area (Å²) < 4.78 is 15.8. The highest BCUT2D eigenvalue weighted by Gasteiger charge is 2.63. The summed E-state index contributed by atoms with van der Waals surface area (Å²) in [7, 11) is 4.61. The number of benzene rings is 3. The van der Waals surface area contributed by atoms with Crippen molar-refractivity contribution in [3.63, 3.8) is 0 Å². The highest BCUT2D eigenvalue weighted by molar-refractivity contribution is 6.24. The van der Waals surface area contributed by atoms with Crippen LogP contribution in [0.1, 0.15) is 11.1 Å². The Morgan fingerprint density at radius 3 is 1.60 bits per heavy atom. The van der Waals surface area contributed by atoms with Gasteiger partial charge in [0.15, 0.2) is 0 Å². The molecule has 6 rings (SSSR count). The van der Waals surface area contributed by atoms with Crippen molar-refractivity contribution in [2.24, 2.45) is 23.7 Å². The number of nitrogens with zero attached hydrogens (tertiary/aromatic N) is 2. The van der Waals surface area contributed by atoms with Crippen molar-refractivity contribution < 1.29 is 28.7 Å². The number of methoxy groups -OCH3 is 3. The summed E-state index contributed by atoms with van der Waals surface area (Å²) >= 11 is 0. The van der Waals surface area contributed by atoms with E-state index in [2.05, 4.69) is 0 Å². The second-order valence-corrected chi connectivity index (χ2v) is 9.90. The van der Waals surface area contributed by atoms with Gasteiger partial charge in [-0.05, 0) is 58.7 Å². The highest BCUT2D eigenvalue weighted by Crippen LogP contribution is 2.59. The first-order valence-corrected chi connectivity index (χ1v) is 12.8. The first-order chi connectivity index (χ1) is 19.4. The van der Waals surface area contributed by atoms with E-state index in [0.29, 0.717) is 11.5 Å². The molecule has 3 aliphatic rings. The summed E-state index contributed by atoms with van der Waals surface area (Å²) in [6, 6.07) is 19.5. The first kappa shape index (κ1) is 25.4. The summed E-state index contributed by atoms with van der Waals surface area (Å²) in [5.41, 5.74) is 3.42. The van der Waals surface area contributed by atoms with E-state index in [-0.39, 0.29) is 29.0 Å². The number of allylic oxidation sites excluding steroid dienone is 3. The molecule has 2 aliphatic carbocycles. The molecule has 0 N–H and O–H groups in total. The molecule has 1 saturated heterocycles. The summed E-state index contributed by atoms with van der Waals surface area (Å²) in [5, 5.41) is 11.9. The van der Waals surface area contributed by atoms with Gasteiger partial charge in [-0.2, -0.15) is 0 Å². The molecule has 40 heavy (non-hydrogen) atoms. The fourth-order valence-corrected chi connectivity index (χ4v) is 6.31. The van der Waals surface area contributed by atoms with Gasteiger partial charge in [0.1, 0.15) is 22.9 Å². The molecule has 0 aromatic heterocycles. The van der Waals surface area contributed by atoms with Crippen molar-refractivity contribution in [2.75, 3.05) is 26.2 Å². The van der Waals surface area contributed by atoms with Crippen LogP contribution in [0.15, 0.2) is 84.5 Å². The summed E-state index contributed by atoms with van der Waals surface area (Å²) in [5.74, 6) is -1.10. The SMILES string of the molecule is COc1ccc(C(=C2C3C=CC2C2C(=O)N(c4ccc(OC)cc4[N+](=O)[O-])C(=O)C32)c2ccc(OC)cc2)cc1. The Balaban J connectivity index is 1.46. The van der Waals surface area contributed by atoms with E-state index in [9.17, 15) is 19.7 Å². The topological polar surface area (TPSA) is 108 Å². The van der Waals surface area contributed by atoms with Crippen LogP contribution < -0.4 is 19.1 Å². The van der Waals surface area contributed by atoms with Gasteiger partial charge in [-0.3, -0.25) is 19.7 Å². The molecule has 2 bridgehead atoms. The molecule has 2 amide bonds. The first-order valence-electron chi connectivity index (χ1n) is 12.8. The van der Waals surface area contributed by atoms with Crippen molar-refractivity contribution in [1.82, 2.24) is 0 Å². The number of nitro benzene ring substituents is 1. The Morgan fingerprint density at radius 1 is 0.725 bits per heavy atom. The molecule has 1 saturated carbocycles. The number of carbonyl (C=O) groups excluding carboxylic acids is 2. The number of anilines is 1. The van der Waals surface area contributed by atoms with Crippen LogP contribution in [0.5, 0.6) is 17.2 Å². The highest BCUT2D eigenvalue weighted by atomic mass is 16.6. The van der Waals surface area contributed by atoms with Gasteiger partial charge in [0.05, 0.1) is 44.2 Å². The number of hydrogen-bond donors (Lipinski definition) is 0. The molecule has 4 atom stereocenters. The third-order valence-electron chi connectivity index (χ3n) is 8.08. The minimum absolute atomic E-state index is 0.0364. The van der Waals surface area contributed by atoms with Gasteiger partial charge in [0.25, 0.3) is 5.69 Å². The fraction of sp³-hybridized carbons (Fsp3) is 0.226. The van der Waals surface area contributed by atoms with Crippen LogP contribution in [0.2, 0.25) is 0 Å². The molecule has 3 aromatic carbocycles. The maximum Gasteiger partial charge on any atom is 0.297 e. The third-order valence-corrected chi connectivity index (χ3v) is 8.08. The second kappa shape index (κ2) is 9.68. The minimum Gasteiger partial charge on any atom is -0.497 e. The molecule has 9 heteroatoms. The Kier molecular flexibility index (Phi) is 6.14. The van der Waals surface area contributed by atoms with E-state index in [1.807, 2.05) is 60.7 Å². The lowest BCUT2D eigenvalue weighted by Gasteiger charge is -2.22. The molecule has 0 spiro atoms. The molecule has 0 radical (unpaired) electrons. The molecule has 3 aromatic rings. The second-order valence-electron chi connectivity index (χ2n) is 9.90.